The van der Waals surface area contributed by atoms with Crippen LogP contribution in [0.4, 0.5) is 0 Å². The molecule has 0 unspecified atom stereocenters. The van der Waals surface area contributed by atoms with Crippen molar-refractivity contribution >= 4 is 16.0 Å². The minimum atomic E-state index is -3.72. The smallest absolute Gasteiger partial charge is 0.264 e. The molecule has 0 N–H and O–H groups in total. The number of nitrogens with zero attached hydrogens (tertiary/aromatic N) is 2. The minimum Gasteiger partial charge on any atom is -0.493 e. The van der Waals surface area contributed by atoms with Crippen LogP contribution in [0.5, 0.6) is 5.75 Å². The number of hydrogen-bond acceptors (Lipinski definition) is 9. The van der Waals surface area contributed by atoms with Crippen LogP contribution in [0.1, 0.15) is 31.4 Å². The second-order valence-electron chi connectivity index (χ2n) is 8.23. The van der Waals surface area contributed by atoms with Gasteiger partial charge in [-0.1, -0.05) is 12.8 Å². The van der Waals surface area contributed by atoms with Gasteiger partial charge in [0.15, 0.2) is 5.60 Å². The molecule has 11 heteroatoms. The summed E-state index contributed by atoms with van der Waals surface area (Å²) in [6.07, 6.45) is 7.50. The molecule has 1 aliphatic carbocycles. The average Bonchev–Trinajstić information content (AvgIpc) is 3.57. The van der Waals surface area contributed by atoms with E-state index in [9.17, 15) is 13.2 Å². The lowest BCUT2D eigenvalue weighted by atomic mass is 9.79. The molecule has 2 heterocycles. The van der Waals surface area contributed by atoms with E-state index in [1.807, 2.05) is 0 Å². The molecule has 0 radical (unpaired) electrons. The van der Waals surface area contributed by atoms with Crippen molar-refractivity contribution in [3.05, 3.63) is 24.0 Å². The van der Waals surface area contributed by atoms with Gasteiger partial charge >= 0.3 is 0 Å². The highest BCUT2D eigenvalue weighted by molar-refractivity contribution is 7.85. The number of hydrogen-bond donors (Lipinski definition) is 0. The van der Waals surface area contributed by atoms with Crippen LogP contribution in [0.3, 0.4) is 0 Å². The molecule has 1 aromatic heterocycles. The van der Waals surface area contributed by atoms with E-state index in [1.54, 1.807) is 18.3 Å². The van der Waals surface area contributed by atoms with Gasteiger partial charge in [0.05, 0.1) is 25.5 Å². The van der Waals surface area contributed by atoms with Crippen molar-refractivity contribution in [2.45, 2.75) is 43.7 Å². The lowest BCUT2D eigenvalue weighted by Gasteiger charge is -2.54. The van der Waals surface area contributed by atoms with Crippen molar-refractivity contribution in [1.29, 1.82) is 0 Å². The van der Waals surface area contributed by atoms with Gasteiger partial charge in [-0.3, -0.25) is 14.0 Å². The molecule has 32 heavy (non-hydrogen) atoms. The highest BCUT2D eigenvalue weighted by Gasteiger charge is 2.62. The fourth-order valence-corrected chi connectivity index (χ4v) is 4.24. The van der Waals surface area contributed by atoms with Gasteiger partial charge < -0.3 is 23.8 Å². The Balaban J connectivity index is 1.74. The highest BCUT2D eigenvalue weighted by atomic mass is 32.2. The van der Waals surface area contributed by atoms with Gasteiger partial charge in [0.2, 0.25) is 0 Å². The van der Waals surface area contributed by atoms with Crippen molar-refractivity contribution in [1.82, 2.24) is 9.88 Å². The van der Waals surface area contributed by atoms with Gasteiger partial charge in [-0.2, -0.15) is 8.42 Å². The fourth-order valence-electron chi connectivity index (χ4n) is 3.86. The Kier molecular flexibility index (Phi) is 8.45. The fraction of sp³-hybridized carbons (Fsp3) is 0.714. The largest absolute Gasteiger partial charge is 0.493 e. The molecule has 2 fully saturated rings. The monoisotopic (exact) mass is 472 g/mol. The molecule has 0 bridgehead atoms. The van der Waals surface area contributed by atoms with E-state index in [2.05, 4.69) is 4.98 Å². The van der Waals surface area contributed by atoms with E-state index < -0.39 is 21.8 Å². The molecular formula is C21H32N2O8S. The van der Waals surface area contributed by atoms with Crippen LogP contribution in [0.25, 0.3) is 0 Å². The van der Waals surface area contributed by atoms with Crippen molar-refractivity contribution in [2.24, 2.45) is 5.92 Å². The van der Waals surface area contributed by atoms with E-state index >= 15 is 0 Å². The standard InChI is InChI=1S/C21H32N2O8S/c1-27-14-23-19(13-31-32(3,25)26)21(20(23)24,30-15-28-2)12-17-11-18(8-9-22-17)29-10-4-5-16-6-7-16/h8-9,11,16,19H,4-7,10,12-15H2,1-3H3/t19-,21+/m0/s1. The summed E-state index contributed by atoms with van der Waals surface area (Å²) >= 11 is 0. The predicted molar refractivity (Wildman–Crippen MR) is 114 cm³/mol. The summed E-state index contributed by atoms with van der Waals surface area (Å²) in [7, 11) is -0.825. The topological polar surface area (TPSA) is 113 Å². The molecule has 1 aliphatic heterocycles. The number of likely N-dealkylation sites (tertiary alicyclic amines) is 1. The lowest BCUT2D eigenvalue weighted by molar-refractivity contribution is -0.236. The quantitative estimate of drug-likeness (QED) is 0.161. The molecule has 1 saturated heterocycles. The number of carbonyl (C=O) groups excluding carboxylic acids is 1. The van der Waals surface area contributed by atoms with Gasteiger partial charge in [-0.25, -0.2) is 0 Å². The van der Waals surface area contributed by atoms with E-state index in [4.69, 9.17) is 23.1 Å². The molecule has 2 atom stereocenters. The summed E-state index contributed by atoms with van der Waals surface area (Å²) in [5, 5.41) is 0. The Bertz CT molecular complexity index is 876. The molecule has 3 rings (SSSR count). The van der Waals surface area contributed by atoms with Crippen LogP contribution in [-0.2, 0) is 39.7 Å². The first kappa shape index (κ1) is 24.8. The molecule has 180 valence electrons. The van der Waals surface area contributed by atoms with Crippen LogP contribution in [0.15, 0.2) is 18.3 Å². The molecule has 1 amide bonds. The normalized spacial score (nSPS) is 23.3. The van der Waals surface area contributed by atoms with Gasteiger partial charge in [0.25, 0.3) is 16.0 Å². The maximum atomic E-state index is 13.1. The Labute approximate surface area is 189 Å². The minimum absolute atomic E-state index is 0.0215. The number of methoxy groups -OCH3 is 2. The highest BCUT2D eigenvalue weighted by Crippen LogP contribution is 2.38. The van der Waals surface area contributed by atoms with Crippen molar-refractivity contribution in [2.75, 3.05) is 47.2 Å². The SMILES string of the molecule is COCO[C@@]1(Cc2cc(OCCCC3CC3)ccn2)C(=O)N(COC)[C@H]1COS(C)(=O)=O. The summed E-state index contributed by atoms with van der Waals surface area (Å²) in [5.41, 5.74) is -0.813. The Morgan fingerprint density at radius 3 is 2.69 bits per heavy atom. The number of pyridine rings is 1. The van der Waals surface area contributed by atoms with E-state index in [1.165, 1.54) is 38.4 Å². The summed E-state index contributed by atoms with van der Waals surface area (Å²) in [6.45, 7) is 0.178. The second-order valence-corrected chi connectivity index (χ2v) is 9.88. The number of rotatable bonds is 15. The van der Waals surface area contributed by atoms with Crippen LogP contribution in [0.2, 0.25) is 0 Å². The van der Waals surface area contributed by atoms with Crippen LogP contribution in [-0.4, -0.2) is 83.1 Å². The summed E-state index contributed by atoms with van der Waals surface area (Å²) in [4.78, 5) is 18.8. The molecule has 2 aliphatic rings. The van der Waals surface area contributed by atoms with E-state index in [0.29, 0.717) is 18.1 Å². The molecule has 10 nitrogen and oxygen atoms in total. The first-order chi connectivity index (χ1) is 15.3. The van der Waals surface area contributed by atoms with Crippen molar-refractivity contribution in [3.63, 3.8) is 0 Å². The van der Waals surface area contributed by atoms with E-state index in [-0.39, 0.29) is 32.5 Å². The van der Waals surface area contributed by atoms with Crippen LogP contribution in [0, 0.1) is 5.92 Å². The number of ether oxygens (including phenoxy) is 4. The zero-order chi connectivity index (χ0) is 23.2. The molecule has 0 spiro atoms. The third-order valence-corrected chi connectivity index (χ3v) is 6.20. The second kappa shape index (κ2) is 10.9. The number of aromatic nitrogens is 1. The zero-order valence-electron chi connectivity index (χ0n) is 18.8. The van der Waals surface area contributed by atoms with Gasteiger partial charge in [0.1, 0.15) is 19.3 Å². The number of β-lactam (4-membered cyclic amide) rings is 1. The first-order valence-electron chi connectivity index (χ1n) is 10.6. The average molecular weight is 473 g/mol. The third-order valence-electron chi connectivity index (χ3n) is 5.63. The predicted octanol–water partition coefficient (Wildman–Crippen LogP) is 1.34. The van der Waals surface area contributed by atoms with Crippen LogP contribution >= 0.6 is 0 Å². The molecule has 0 aromatic carbocycles. The Morgan fingerprint density at radius 1 is 1.25 bits per heavy atom. The molecular weight excluding hydrogens is 440 g/mol. The van der Waals surface area contributed by atoms with Crippen LogP contribution < -0.4 is 4.74 Å². The van der Waals surface area contributed by atoms with Crippen molar-refractivity contribution in [3.8, 4) is 5.75 Å². The number of carbonyl (C=O) groups is 1. The molecule has 1 aromatic rings. The Morgan fingerprint density at radius 2 is 2.03 bits per heavy atom. The van der Waals surface area contributed by atoms with E-state index in [0.717, 1.165) is 18.6 Å². The van der Waals surface area contributed by atoms with Crippen molar-refractivity contribution < 1.29 is 36.3 Å². The summed E-state index contributed by atoms with van der Waals surface area (Å²) in [6, 6.07) is 2.84. The Hall–Kier alpha value is -1.79. The third kappa shape index (κ3) is 6.38. The van der Waals surface area contributed by atoms with Gasteiger partial charge in [-0.05, 0) is 24.8 Å². The lowest BCUT2D eigenvalue weighted by Crippen LogP contribution is -2.77. The first-order valence-corrected chi connectivity index (χ1v) is 12.5. The zero-order valence-corrected chi connectivity index (χ0v) is 19.6. The maximum absolute atomic E-state index is 13.1. The van der Waals surface area contributed by atoms with Gasteiger partial charge in [0, 0.05) is 38.6 Å². The molecule has 1 saturated carbocycles. The summed E-state index contributed by atoms with van der Waals surface area (Å²) in [5.74, 6) is 1.17. The van der Waals surface area contributed by atoms with Gasteiger partial charge in [-0.15, -0.1) is 0 Å². The number of amides is 1. The maximum Gasteiger partial charge on any atom is 0.264 e. The summed E-state index contributed by atoms with van der Waals surface area (Å²) < 4.78 is 50.0.